The Balaban J connectivity index is 1.43. The lowest BCUT2D eigenvalue weighted by Crippen LogP contribution is -2.44. The first kappa shape index (κ1) is 25.1. The minimum Gasteiger partial charge on any atom is -0.493 e. The summed E-state index contributed by atoms with van der Waals surface area (Å²) in [5, 5.41) is 0. The Bertz CT molecular complexity index is 1190. The predicted octanol–water partition coefficient (Wildman–Crippen LogP) is 8.10. The molecule has 2 nitrogen and oxygen atoms in total. The maximum atomic E-state index is 15.2. The van der Waals surface area contributed by atoms with Crippen molar-refractivity contribution in [1.29, 1.82) is 0 Å². The fraction of sp³-hybridized carbons (Fsp3) is 0.357. The monoisotopic (exact) mass is 519 g/mol. The van der Waals surface area contributed by atoms with Crippen LogP contribution in [0.15, 0.2) is 71.6 Å². The van der Waals surface area contributed by atoms with Gasteiger partial charge in [-0.25, -0.2) is 8.78 Å². The van der Waals surface area contributed by atoms with E-state index in [4.69, 9.17) is 4.74 Å². The second kappa shape index (κ2) is 10.4. The zero-order chi connectivity index (χ0) is 25.3. The van der Waals surface area contributed by atoms with Crippen molar-refractivity contribution in [2.24, 2.45) is 5.92 Å². The van der Waals surface area contributed by atoms with Crippen LogP contribution in [0.2, 0.25) is 0 Å². The van der Waals surface area contributed by atoms with Gasteiger partial charge in [0.25, 0.3) is 0 Å². The fourth-order valence-corrected chi connectivity index (χ4v) is 6.13. The molecule has 36 heavy (non-hydrogen) atoms. The fourth-order valence-electron chi connectivity index (χ4n) is 5.23. The van der Waals surface area contributed by atoms with Gasteiger partial charge in [-0.1, -0.05) is 42.5 Å². The molecular formula is C28H26F5NOS. The zero-order valence-electron chi connectivity index (χ0n) is 19.5. The van der Waals surface area contributed by atoms with Crippen LogP contribution in [0.5, 0.6) is 5.75 Å². The van der Waals surface area contributed by atoms with Crippen molar-refractivity contribution in [2.45, 2.75) is 48.2 Å². The number of benzene rings is 3. The average molecular weight is 520 g/mol. The van der Waals surface area contributed by atoms with Crippen LogP contribution < -0.4 is 4.74 Å². The Morgan fingerprint density at radius 2 is 1.67 bits per heavy atom. The highest BCUT2D eigenvalue weighted by molar-refractivity contribution is 7.98. The van der Waals surface area contributed by atoms with Gasteiger partial charge in [-0.2, -0.15) is 13.2 Å². The summed E-state index contributed by atoms with van der Waals surface area (Å²) in [7, 11) is 0. The van der Waals surface area contributed by atoms with Crippen LogP contribution in [0.1, 0.15) is 48.0 Å². The largest absolute Gasteiger partial charge is 0.493 e. The van der Waals surface area contributed by atoms with Crippen LogP contribution in [-0.2, 0) is 5.75 Å². The molecule has 0 aromatic heterocycles. The molecule has 0 saturated carbocycles. The Kier molecular flexibility index (Phi) is 7.26. The summed E-state index contributed by atoms with van der Waals surface area (Å²) in [6.45, 7) is 0.601. The molecule has 1 saturated heterocycles. The number of halogens is 5. The molecule has 2 aliphatic heterocycles. The van der Waals surface area contributed by atoms with Crippen molar-refractivity contribution in [3.05, 3.63) is 95.1 Å². The highest BCUT2D eigenvalue weighted by atomic mass is 32.2. The van der Waals surface area contributed by atoms with Gasteiger partial charge in [0, 0.05) is 34.7 Å². The minimum atomic E-state index is -4.30. The maximum absolute atomic E-state index is 15.2. The Hall–Kier alpha value is -2.58. The number of hydrogen-bond donors (Lipinski definition) is 0. The molecular weight excluding hydrogens is 493 g/mol. The van der Waals surface area contributed by atoms with E-state index in [1.54, 1.807) is 18.2 Å². The van der Waals surface area contributed by atoms with E-state index < -0.39 is 24.0 Å². The lowest BCUT2D eigenvalue weighted by atomic mass is 9.84. The first-order chi connectivity index (χ1) is 17.3. The van der Waals surface area contributed by atoms with Crippen molar-refractivity contribution in [3.8, 4) is 5.75 Å². The third-order valence-corrected chi connectivity index (χ3v) is 8.17. The summed E-state index contributed by atoms with van der Waals surface area (Å²) in [5.41, 5.74) is 2.36. The first-order valence-corrected chi connectivity index (χ1v) is 13.0. The molecule has 3 aromatic carbocycles. The molecule has 0 aliphatic carbocycles. The quantitative estimate of drug-likeness (QED) is 0.250. The normalized spacial score (nSPS) is 22.6. The van der Waals surface area contributed by atoms with Gasteiger partial charge in [-0.05, 0) is 54.8 Å². The minimum absolute atomic E-state index is 0.0264. The molecule has 8 heteroatoms. The van der Waals surface area contributed by atoms with Crippen molar-refractivity contribution >= 4 is 11.8 Å². The van der Waals surface area contributed by atoms with Gasteiger partial charge in [0.1, 0.15) is 17.4 Å². The van der Waals surface area contributed by atoms with Crippen molar-refractivity contribution < 1.29 is 26.7 Å². The lowest BCUT2D eigenvalue weighted by molar-refractivity contribution is -0.192. The highest BCUT2D eigenvalue weighted by Gasteiger charge is 2.46. The molecule has 5 rings (SSSR count). The third-order valence-electron chi connectivity index (χ3n) is 7.07. The molecule has 0 amide bonds. The standard InChI is InChI=1S/C28H26F5NOS/c29-21-8-6-19(7-9-21)25-14-20(28(31,32)33)10-12-34(25)24-11-13-35-26-16-27(23(30)15-22(24)26)36-17-18-4-2-1-3-5-18/h1-9,15-16,20,24-25H,10-14,17H2/t20-,24+,25+/m1/s1. The molecule has 2 heterocycles. The van der Waals surface area contributed by atoms with E-state index in [-0.39, 0.29) is 31.2 Å². The van der Waals surface area contributed by atoms with E-state index in [1.807, 2.05) is 35.2 Å². The first-order valence-electron chi connectivity index (χ1n) is 12.0. The molecule has 3 atom stereocenters. The number of rotatable bonds is 5. The SMILES string of the molecule is Fc1ccc([C@@H]2C[C@H](C(F)(F)F)CCN2[C@H]2CCOc3cc(SCc4ccccc4)c(F)cc32)cc1. The van der Waals surface area contributed by atoms with Gasteiger partial charge in [-0.3, -0.25) is 4.90 Å². The smallest absolute Gasteiger partial charge is 0.391 e. The van der Waals surface area contributed by atoms with Gasteiger partial charge < -0.3 is 4.74 Å². The Morgan fingerprint density at radius 3 is 2.39 bits per heavy atom. The summed E-state index contributed by atoms with van der Waals surface area (Å²) in [6, 6.07) is 17.8. The van der Waals surface area contributed by atoms with Crippen LogP contribution in [0.3, 0.4) is 0 Å². The van der Waals surface area contributed by atoms with Crippen molar-refractivity contribution in [1.82, 2.24) is 4.90 Å². The molecule has 190 valence electrons. The van der Waals surface area contributed by atoms with Crippen molar-refractivity contribution in [2.75, 3.05) is 13.2 Å². The van der Waals surface area contributed by atoms with E-state index in [9.17, 15) is 17.6 Å². The number of nitrogens with zero attached hydrogens (tertiary/aromatic N) is 1. The van der Waals surface area contributed by atoms with Crippen LogP contribution in [-0.4, -0.2) is 24.2 Å². The summed E-state index contributed by atoms with van der Waals surface area (Å²) < 4.78 is 75.6. The van der Waals surface area contributed by atoms with Crippen LogP contribution in [0.4, 0.5) is 22.0 Å². The highest BCUT2D eigenvalue weighted by Crippen LogP contribution is 2.48. The van der Waals surface area contributed by atoms with Gasteiger partial charge in [0.05, 0.1) is 12.5 Å². The number of fused-ring (bicyclic) bond motifs is 1. The molecule has 0 bridgehead atoms. The molecule has 2 aliphatic rings. The summed E-state index contributed by atoms with van der Waals surface area (Å²) in [6.07, 6.45) is -3.90. The van der Waals surface area contributed by atoms with Gasteiger partial charge in [0.2, 0.25) is 0 Å². The number of likely N-dealkylation sites (tertiary alicyclic amines) is 1. The zero-order valence-corrected chi connectivity index (χ0v) is 20.3. The molecule has 3 aromatic rings. The van der Waals surface area contributed by atoms with Crippen LogP contribution in [0.25, 0.3) is 0 Å². The Morgan fingerprint density at radius 1 is 0.917 bits per heavy atom. The second-order valence-electron chi connectivity index (χ2n) is 9.32. The topological polar surface area (TPSA) is 12.5 Å². The van der Waals surface area contributed by atoms with E-state index in [2.05, 4.69) is 0 Å². The predicted molar refractivity (Wildman–Crippen MR) is 130 cm³/mol. The summed E-state index contributed by atoms with van der Waals surface area (Å²) in [5.74, 6) is -1.06. The lowest BCUT2D eigenvalue weighted by Gasteiger charge is -2.46. The molecule has 0 radical (unpaired) electrons. The number of thioether (sulfide) groups is 1. The maximum Gasteiger partial charge on any atom is 0.391 e. The average Bonchev–Trinajstić information content (AvgIpc) is 2.87. The second-order valence-corrected chi connectivity index (χ2v) is 10.3. The Labute approximate surface area is 211 Å². The molecule has 0 N–H and O–H groups in total. The van der Waals surface area contributed by atoms with E-state index >= 15 is 4.39 Å². The summed E-state index contributed by atoms with van der Waals surface area (Å²) in [4.78, 5) is 2.50. The van der Waals surface area contributed by atoms with E-state index in [1.165, 1.54) is 30.0 Å². The van der Waals surface area contributed by atoms with Crippen LogP contribution in [0, 0.1) is 17.6 Å². The molecule has 1 fully saturated rings. The van der Waals surface area contributed by atoms with E-state index in [0.29, 0.717) is 40.6 Å². The van der Waals surface area contributed by atoms with Gasteiger partial charge >= 0.3 is 6.18 Å². The number of alkyl halides is 3. The van der Waals surface area contributed by atoms with E-state index in [0.717, 1.165) is 5.56 Å². The van der Waals surface area contributed by atoms with Crippen LogP contribution >= 0.6 is 11.8 Å². The molecule has 0 spiro atoms. The van der Waals surface area contributed by atoms with Crippen molar-refractivity contribution in [3.63, 3.8) is 0 Å². The molecule has 0 unspecified atom stereocenters. The van der Waals surface area contributed by atoms with Gasteiger partial charge in [-0.15, -0.1) is 11.8 Å². The summed E-state index contributed by atoms with van der Waals surface area (Å²) >= 11 is 1.38. The number of piperidine rings is 1. The third kappa shape index (κ3) is 5.39. The number of ether oxygens (including phenoxy) is 1. The number of hydrogen-bond acceptors (Lipinski definition) is 3. The van der Waals surface area contributed by atoms with Gasteiger partial charge in [0.15, 0.2) is 0 Å².